The largest absolute Gasteiger partial charge is 0.369 e. The van der Waals surface area contributed by atoms with Crippen molar-refractivity contribution >= 4 is 5.69 Å². The average molecular weight is 462 g/mol. The van der Waals surface area contributed by atoms with Crippen molar-refractivity contribution < 1.29 is 0 Å². The molecule has 0 amide bonds. The molecule has 0 bridgehead atoms. The SMILES string of the molecule is Cc1ccc(N2CCc3ccccc3C(NCc3cncn3Cc3ccc(C#N)cc3)C2)c(C)c1. The molecular weight excluding hydrogens is 430 g/mol. The van der Waals surface area contributed by atoms with Gasteiger partial charge in [-0.1, -0.05) is 54.1 Å². The van der Waals surface area contributed by atoms with Gasteiger partial charge in [0.15, 0.2) is 0 Å². The van der Waals surface area contributed by atoms with Gasteiger partial charge in [0.05, 0.1) is 29.7 Å². The lowest BCUT2D eigenvalue weighted by atomic mass is 9.99. The van der Waals surface area contributed by atoms with Gasteiger partial charge in [-0.15, -0.1) is 0 Å². The van der Waals surface area contributed by atoms with Crippen molar-refractivity contribution in [2.75, 3.05) is 18.0 Å². The van der Waals surface area contributed by atoms with Crippen LogP contribution in [0.25, 0.3) is 0 Å². The molecule has 0 fully saturated rings. The molecule has 3 aromatic carbocycles. The van der Waals surface area contributed by atoms with Crippen molar-refractivity contribution in [2.45, 2.75) is 39.4 Å². The minimum Gasteiger partial charge on any atom is -0.369 e. The maximum atomic E-state index is 9.05. The minimum absolute atomic E-state index is 0.215. The van der Waals surface area contributed by atoms with E-state index in [2.05, 4.69) is 82.1 Å². The van der Waals surface area contributed by atoms with Crippen molar-refractivity contribution in [2.24, 2.45) is 0 Å². The normalized spacial score (nSPS) is 15.3. The summed E-state index contributed by atoms with van der Waals surface area (Å²) in [5, 5.41) is 12.9. The van der Waals surface area contributed by atoms with Gasteiger partial charge in [0.25, 0.3) is 0 Å². The zero-order valence-electron chi connectivity index (χ0n) is 20.4. The monoisotopic (exact) mass is 461 g/mol. The summed E-state index contributed by atoms with van der Waals surface area (Å²) in [4.78, 5) is 6.95. The number of hydrogen-bond donors (Lipinski definition) is 1. The van der Waals surface area contributed by atoms with Gasteiger partial charge in [0, 0.05) is 38.1 Å². The fourth-order valence-corrected chi connectivity index (χ4v) is 5.07. The van der Waals surface area contributed by atoms with Gasteiger partial charge in [0.2, 0.25) is 0 Å². The molecule has 1 atom stereocenters. The molecule has 0 radical (unpaired) electrons. The van der Waals surface area contributed by atoms with Gasteiger partial charge >= 0.3 is 0 Å². The summed E-state index contributed by atoms with van der Waals surface area (Å²) in [6.07, 6.45) is 4.87. The molecule has 176 valence electrons. The topological polar surface area (TPSA) is 56.9 Å². The van der Waals surface area contributed by atoms with Crippen LogP contribution in [0.2, 0.25) is 0 Å². The standard InChI is InChI=1S/C30H31N5/c1-22-7-12-30(23(2)15-22)34-14-13-26-5-3-4-6-28(26)29(20-34)33-18-27-17-32-21-35(27)19-25-10-8-24(16-31)9-11-25/h3-12,15,17,21,29,33H,13-14,18-20H2,1-2H3. The first kappa shape index (κ1) is 22.9. The Kier molecular flexibility index (Phi) is 6.65. The number of fused-ring (bicyclic) bond motifs is 1. The summed E-state index contributed by atoms with van der Waals surface area (Å²) in [6, 6.07) is 25.8. The first-order valence-electron chi connectivity index (χ1n) is 12.2. The van der Waals surface area contributed by atoms with Crippen molar-refractivity contribution in [3.63, 3.8) is 0 Å². The van der Waals surface area contributed by atoms with E-state index in [9.17, 15) is 0 Å². The fourth-order valence-electron chi connectivity index (χ4n) is 5.07. The van der Waals surface area contributed by atoms with Crippen molar-refractivity contribution in [3.8, 4) is 6.07 Å². The van der Waals surface area contributed by atoms with E-state index in [1.54, 1.807) is 0 Å². The van der Waals surface area contributed by atoms with Gasteiger partial charge in [0.1, 0.15) is 0 Å². The maximum Gasteiger partial charge on any atom is 0.0991 e. The summed E-state index contributed by atoms with van der Waals surface area (Å²) in [7, 11) is 0. The molecule has 35 heavy (non-hydrogen) atoms. The van der Waals surface area contributed by atoms with Gasteiger partial charge in [-0.05, 0) is 60.7 Å². The predicted molar refractivity (Wildman–Crippen MR) is 140 cm³/mol. The van der Waals surface area contributed by atoms with Crippen LogP contribution in [-0.2, 0) is 19.5 Å². The highest BCUT2D eigenvalue weighted by Crippen LogP contribution is 2.29. The number of aromatic nitrogens is 2. The molecule has 4 aromatic rings. The smallest absolute Gasteiger partial charge is 0.0991 e. The molecule has 0 saturated carbocycles. The minimum atomic E-state index is 0.215. The third-order valence-corrected chi connectivity index (χ3v) is 6.94. The van der Waals surface area contributed by atoms with Crippen LogP contribution in [0, 0.1) is 25.2 Å². The number of nitriles is 1. The highest BCUT2D eigenvalue weighted by Gasteiger charge is 2.24. The van der Waals surface area contributed by atoms with Gasteiger partial charge in [-0.2, -0.15) is 5.26 Å². The van der Waals surface area contributed by atoms with Crippen LogP contribution < -0.4 is 10.2 Å². The van der Waals surface area contributed by atoms with Crippen LogP contribution >= 0.6 is 0 Å². The van der Waals surface area contributed by atoms with E-state index >= 15 is 0 Å². The highest BCUT2D eigenvalue weighted by atomic mass is 15.2. The highest BCUT2D eigenvalue weighted by molar-refractivity contribution is 5.55. The summed E-state index contributed by atoms with van der Waals surface area (Å²) in [6.45, 7) is 7.76. The van der Waals surface area contributed by atoms with E-state index < -0.39 is 0 Å². The zero-order valence-corrected chi connectivity index (χ0v) is 20.4. The third-order valence-electron chi connectivity index (χ3n) is 6.94. The van der Waals surface area contributed by atoms with Crippen LogP contribution in [0.5, 0.6) is 0 Å². The number of aryl methyl sites for hydroxylation is 2. The van der Waals surface area contributed by atoms with Crippen molar-refractivity contribution in [3.05, 3.63) is 118 Å². The number of hydrogen-bond acceptors (Lipinski definition) is 4. The van der Waals surface area contributed by atoms with E-state index in [1.165, 1.54) is 27.9 Å². The zero-order chi connectivity index (χ0) is 24.2. The Morgan fingerprint density at radius 1 is 1.06 bits per heavy atom. The predicted octanol–water partition coefficient (Wildman–Crippen LogP) is 5.31. The van der Waals surface area contributed by atoms with Crippen LogP contribution in [0.3, 0.4) is 0 Å². The number of nitrogens with one attached hydrogen (secondary N) is 1. The van der Waals surface area contributed by atoms with Gasteiger partial charge in [-0.3, -0.25) is 0 Å². The van der Waals surface area contributed by atoms with Crippen LogP contribution in [-0.4, -0.2) is 22.6 Å². The molecule has 5 nitrogen and oxygen atoms in total. The Morgan fingerprint density at radius 3 is 2.69 bits per heavy atom. The summed E-state index contributed by atoms with van der Waals surface area (Å²) in [5.41, 5.74) is 9.74. The summed E-state index contributed by atoms with van der Waals surface area (Å²) < 4.78 is 2.18. The van der Waals surface area contributed by atoms with Crippen molar-refractivity contribution in [1.29, 1.82) is 5.26 Å². The Bertz CT molecular complexity index is 1350. The second kappa shape index (κ2) is 10.2. The number of benzene rings is 3. The fraction of sp³-hybridized carbons (Fsp3) is 0.267. The maximum absolute atomic E-state index is 9.05. The van der Waals surface area contributed by atoms with E-state index in [1.807, 2.05) is 36.8 Å². The lowest BCUT2D eigenvalue weighted by molar-refractivity contribution is 0.516. The number of imidazole rings is 1. The van der Waals surface area contributed by atoms with E-state index in [0.29, 0.717) is 5.56 Å². The average Bonchev–Trinajstić information content (AvgIpc) is 3.23. The molecule has 0 spiro atoms. The molecule has 0 aliphatic carbocycles. The summed E-state index contributed by atoms with van der Waals surface area (Å²) >= 11 is 0. The number of anilines is 1. The number of rotatable bonds is 6. The molecule has 0 saturated heterocycles. The van der Waals surface area contributed by atoms with Gasteiger partial charge < -0.3 is 14.8 Å². The molecule has 1 N–H and O–H groups in total. The first-order chi connectivity index (χ1) is 17.1. The molecule has 1 aromatic heterocycles. The molecular formula is C30H31N5. The van der Waals surface area contributed by atoms with E-state index in [4.69, 9.17) is 5.26 Å². The second-order valence-electron chi connectivity index (χ2n) is 9.44. The Morgan fingerprint density at radius 2 is 1.89 bits per heavy atom. The number of nitrogens with zero attached hydrogens (tertiary/aromatic N) is 4. The Balaban J connectivity index is 1.35. The van der Waals surface area contributed by atoms with E-state index in [-0.39, 0.29) is 6.04 Å². The van der Waals surface area contributed by atoms with Crippen LogP contribution in [0.4, 0.5) is 5.69 Å². The molecule has 1 aliphatic heterocycles. The van der Waals surface area contributed by atoms with Gasteiger partial charge in [-0.25, -0.2) is 4.98 Å². The summed E-state index contributed by atoms with van der Waals surface area (Å²) in [5.74, 6) is 0. The lowest BCUT2D eigenvalue weighted by Gasteiger charge is -2.29. The Hall–Kier alpha value is -3.88. The quantitative estimate of drug-likeness (QED) is 0.423. The van der Waals surface area contributed by atoms with Crippen LogP contribution in [0.1, 0.15) is 45.1 Å². The molecule has 5 rings (SSSR count). The molecule has 1 unspecified atom stereocenters. The second-order valence-corrected chi connectivity index (χ2v) is 9.44. The lowest BCUT2D eigenvalue weighted by Crippen LogP contribution is -2.35. The Labute approximate surface area is 207 Å². The molecule has 1 aliphatic rings. The molecule has 2 heterocycles. The van der Waals surface area contributed by atoms with E-state index in [0.717, 1.165) is 43.9 Å². The first-order valence-corrected chi connectivity index (χ1v) is 12.2. The third kappa shape index (κ3) is 5.13. The molecule has 5 heteroatoms. The van der Waals surface area contributed by atoms with Crippen molar-refractivity contribution in [1.82, 2.24) is 14.9 Å². The van der Waals surface area contributed by atoms with Crippen LogP contribution in [0.15, 0.2) is 79.3 Å².